The molecule has 0 saturated carbocycles. The van der Waals surface area contributed by atoms with E-state index in [-0.39, 0.29) is 11.7 Å². The topological polar surface area (TPSA) is 47.7 Å². The Morgan fingerprint density at radius 2 is 2.09 bits per heavy atom. The number of nitrogens with zero attached hydrogens (tertiary/aromatic N) is 2. The third-order valence-electron chi connectivity index (χ3n) is 3.39. The van der Waals surface area contributed by atoms with Crippen molar-refractivity contribution in [3.05, 3.63) is 35.5 Å². The van der Waals surface area contributed by atoms with E-state index < -0.39 is 0 Å². The highest BCUT2D eigenvalue weighted by Crippen LogP contribution is 2.28. The zero-order valence-corrected chi connectivity index (χ0v) is 13.4. The van der Waals surface area contributed by atoms with Gasteiger partial charge in [-0.2, -0.15) is 0 Å². The maximum atomic E-state index is 14.0. The first kappa shape index (κ1) is 16.5. The monoisotopic (exact) mass is 308 g/mol. The third-order valence-corrected chi connectivity index (χ3v) is 3.39. The fraction of sp³-hybridized carbons (Fsp3) is 0.438. The molecule has 0 bridgehead atoms. The molecule has 0 aliphatic heterocycles. The quantitative estimate of drug-likeness (QED) is 0.787. The zero-order chi connectivity index (χ0) is 16.1. The summed E-state index contributed by atoms with van der Waals surface area (Å²) in [5, 5.41) is 0. The Hall–Kier alpha value is -1.92. The molecular weight excluding hydrogens is 287 g/mol. The zero-order valence-electron chi connectivity index (χ0n) is 13.4. The molecule has 2 rings (SSSR count). The van der Waals surface area contributed by atoms with Crippen molar-refractivity contribution in [3.63, 3.8) is 0 Å². The molecule has 6 heteroatoms. The van der Waals surface area contributed by atoms with Gasteiger partial charge in [0.25, 0.3) is 0 Å². The van der Waals surface area contributed by atoms with Crippen LogP contribution in [0.1, 0.15) is 11.5 Å². The first-order valence-electron chi connectivity index (χ1n) is 7.02. The molecular formula is C16H21FN2O3. The fourth-order valence-electron chi connectivity index (χ4n) is 2.07. The van der Waals surface area contributed by atoms with Crippen LogP contribution in [0.4, 0.5) is 4.39 Å². The molecule has 0 saturated heterocycles. The van der Waals surface area contributed by atoms with E-state index in [9.17, 15) is 4.39 Å². The molecule has 0 unspecified atom stereocenters. The normalized spacial score (nSPS) is 11.2. The van der Waals surface area contributed by atoms with E-state index in [0.717, 1.165) is 12.2 Å². The van der Waals surface area contributed by atoms with Crippen molar-refractivity contribution in [1.29, 1.82) is 0 Å². The molecule has 1 aromatic carbocycles. The highest BCUT2D eigenvalue weighted by molar-refractivity contribution is 5.57. The van der Waals surface area contributed by atoms with E-state index in [0.29, 0.717) is 30.2 Å². The standard InChI is InChI=1S/C16H21FN2O3/c1-11-15(10-19(2)7-8-20-3)18-16(22-11)13-9-12(21-4)5-6-14(13)17/h5-6,9H,7-8,10H2,1-4H3. The summed E-state index contributed by atoms with van der Waals surface area (Å²) in [4.78, 5) is 6.49. The fourth-order valence-corrected chi connectivity index (χ4v) is 2.07. The number of benzene rings is 1. The van der Waals surface area contributed by atoms with Gasteiger partial charge in [0, 0.05) is 20.2 Å². The van der Waals surface area contributed by atoms with Crippen molar-refractivity contribution >= 4 is 0 Å². The van der Waals surface area contributed by atoms with Gasteiger partial charge < -0.3 is 13.9 Å². The molecule has 0 radical (unpaired) electrons. The van der Waals surface area contributed by atoms with Crippen LogP contribution in [0, 0.1) is 12.7 Å². The van der Waals surface area contributed by atoms with Crippen LogP contribution < -0.4 is 4.74 Å². The van der Waals surface area contributed by atoms with Gasteiger partial charge in [0.2, 0.25) is 5.89 Å². The van der Waals surface area contributed by atoms with Gasteiger partial charge in [-0.1, -0.05) is 0 Å². The molecule has 0 spiro atoms. The van der Waals surface area contributed by atoms with Crippen LogP contribution in [-0.2, 0) is 11.3 Å². The number of hydrogen-bond acceptors (Lipinski definition) is 5. The summed E-state index contributed by atoms with van der Waals surface area (Å²) in [5.74, 6) is 1.12. The summed E-state index contributed by atoms with van der Waals surface area (Å²) in [6.45, 7) is 3.87. The van der Waals surface area contributed by atoms with Crippen LogP contribution in [0.25, 0.3) is 11.5 Å². The molecule has 2 aromatic rings. The molecule has 1 heterocycles. The van der Waals surface area contributed by atoms with E-state index in [2.05, 4.69) is 9.88 Å². The van der Waals surface area contributed by atoms with Crippen LogP contribution in [0.3, 0.4) is 0 Å². The Morgan fingerprint density at radius 3 is 2.77 bits per heavy atom. The average Bonchev–Trinajstić information content (AvgIpc) is 2.86. The van der Waals surface area contributed by atoms with Crippen molar-refractivity contribution in [2.75, 3.05) is 34.4 Å². The van der Waals surface area contributed by atoms with Gasteiger partial charge in [0.05, 0.1) is 25.0 Å². The van der Waals surface area contributed by atoms with E-state index >= 15 is 0 Å². The Morgan fingerprint density at radius 1 is 1.32 bits per heavy atom. The minimum Gasteiger partial charge on any atom is -0.497 e. The largest absolute Gasteiger partial charge is 0.497 e. The SMILES string of the molecule is COCCN(C)Cc1nc(-c2cc(OC)ccc2F)oc1C. The number of ether oxygens (including phenoxy) is 2. The van der Waals surface area contributed by atoms with Gasteiger partial charge in [-0.05, 0) is 32.2 Å². The Bertz CT molecular complexity index is 628. The molecule has 22 heavy (non-hydrogen) atoms. The first-order chi connectivity index (χ1) is 10.5. The number of aryl methyl sites for hydroxylation is 1. The lowest BCUT2D eigenvalue weighted by molar-refractivity contribution is 0.158. The van der Waals surface area contributed by atoms with Crippen LogP contribution in [0.2, 0.25) is 0 Å². The molecule has 5 nitrogen and oxygen atoms in total. The second-order valence-electron chi connectivity index (χ2n) is 5.10. The number of methoxy groups -OCH3 is 2. The summed E-state index contributed by atoms with van der Waals surface area (Å²) in [7, 11) is 5.17. The molecule has 0 atom stereocenters. The van der Waals surface area contributed by atoms with Gasteiger partial charge in [0.15, 0.2) is 0 Å². The number of aromatic nitrogens is 1. The number of halogens is 1. The maximum Gasteiger partial charge on any atom is 0.229 e. The lowest BCUT2D eigenvalue weighted by Crippen LogP contribution is -2.22. The molecule has 0 N–H and O–H groups in total. The summed E-state index contributed by atoms with van der Waals surface area (Å²) < 4.78 is 29.8. The molecule has 0 aliphatic rings. The van der Waals surface area contributed by atoms with Crippen molar-refractivity contribution in [1.82, 2.24) is 9.88 Å². The van der Waals surface area contributed by atoms with Gasteiger partial charge in [-0.15, -0.1) is 0 Å². The van der Waals surface area contributed by atoms with Crippen molar-refractivity contribution in [2.45, 2.75) is 13.5 Å². The van der Waals surface area contributed by atoms with Crippen molar-refractivity contribution in [2.24, 2.45) is 0 Å². The predicted octanol–water partition coefficient (Wildman–Crippen LogP) is 2.88. The molecule has 1 aromatic heterocycles. The Labute approximate surface area is 129 Å². The van der Waals surface area contributed by atoms with E-state index in [1.165, 1.54) is 13.2 Å². The molecule has 0 amide bonds. The maximum absolute atomic E-state index is 14.0. The lowest BCUT2D eigenvalue weighted by Gasteiger charge is -2.14. The minimum atomic E-state index is -0.388. The Balaban J connectivity index is 2.22. The third kappa shape index (κ3) is 3.84. The second kappa shape index (κ2) is 7.38. The van der Waals surface area contributed by atoms with Crippen LogP contribution in [0.5, 0.6) is 5.75 Å². The van der Waals surface area contributed by atoms with E-state index in [4.69, 9.17) is 13.9 Å². The molecule has 120 valence electrons. The lowest BCUT2D eigenvalue weighted by atomic mass is 10.2. The predicted molar refractivity (Wildman–Crippen MR) is 81.4 cm³/mol. The van der Waals surface area contributed by atoms with Crippen LogP contribution in [0.15, 0.2) is 22.6 Å². The molecule has 0 aliphatic carbocycles. The average molecular weight is 308 g/mol. The minimum absolute atomic E-state index is 0.268. The van der Waals surface area contributed by atoms with E-state index in [1.807, 2.05) is 14.0 Å². The highest BCUT2D eigenvalue weighted by Gasteiger charge is 2.16. The van der Waals surface area contributed by atoms with Crippen LogP contribution in [-0.4, -0.2) is 44.3 Å². The second-order valence-corrected chi connectivity index (χ2v) is 5.10. The number of likely N-dealkylation sites (N-methyl/N-ethyl adjacent to an activating group) is 1. The summed E-state index contributed by atoms with van der Waals surface area (Å²) in [5.41, 5.74) is 1.09. The first-order valence-corrected chi connectivity index (χ1v) is 7.02. The summed E-state index contributed by atoms with van der Waals surface area (Å²) in [6, 6.07) is 4.49. The van der Waals surface area contributed by atoms with Crippen LogP contribution >= 0.6 is 0 Å². The van der Waals surface area contributed by atoms with Crippen molar-refractivity contribution < 1.29 is 18.3 Å². The summed E-state index contributed by atoms with van der Waals surface area (Å²) >= 11 is 0. The molecule has 0 fully saturated rings. The van der Waals surface area contributed by atoms with Crippen molar-refractivity contribution in [3.8, 4) is 17.2 Å². The van der Waals surface area contributed by atoms with Gasteiger partial charge in [-0.3, -0.25) is 4.90 Å². The van der Waals surface area contributed by atoms with E-state index in [1.54, 1.807) is 19.2 Å². The number of hydrogen-bond donors (Lipinski definition) is 0. The number of oxazole rings is 1. The van der Waals surface area contributed by atoms with Gasteiger partial charge in [-0.25, -0.2) is 9.37 Å². The van der Waals surface area contributed by atoms with Gasteiger partial charge >= 0.3 is 0 Å². The number of rotatable bonds is 7. The summed E-state index contributed by atoms with van der Waals surface area (Å²) in [6.07, 6.45) is 0. The highest BCUT2D eigenvalue weighted by atomic mass is 19.1. The Kier molecular flexibility index (Phi) is 5.51. The smallest absolute Gasteiger partial charge is 0.229 e. The van der Waals surface area contributed by atoms with Gasteiger partial charge in [0.1, 0.15) is 17.3 Å².